The SMILES string of the molecule is C=Cc1ccc(S(=O)O)cc1N. The average molecular weight is 183 g/mol. The predicted molar refractivity (Wildman–Crippen MR) is 50.0 cm³/mol. The van der Waals surface area contributed by atoms with Crippen LogP contribution >= 0.6 is 0 Å². The van der Waals surface area contributed by atoms with E-state index in [1.165, 1.54) is 6.07 Å². The highest BCUT2D eigenvalue weighted by Crippen LogP contribution is 2.16. The van der Waals surface area contributed by atoms with Gasteiger partial charge in [-0.3, -0.25) is 0 Å². The smallest absolute Gasteiger partial charge is 0.186 e. The number of hydrogen-bond acceptors (Lipinski definition) is 2. The van der Waals surface area contributed by atoms with Crippen LogP contribution in [0.15, 0.2) is 29.7 Å². The molecule has 0 heterocycles. The Balaban J connectivity index is 3.18. The first-order valence-corrected chi connectivity index (χ1v) is 4.38. The second kappa shape index (κ2) is 3.51. The predicted octanol–water partition coefficient (Wildman–Crippen LogP) is 1.49. The van der Waals surface area contributed by atoms with Crippen molar-refractivity contribution in [3.05, 3.63) is 30.3 Å². The maximum Gasteiger partial charge on any atom is 0.186 e. The molecule has 3 nitrogen and oxygen atoms in total. The van der Waals surface area contributed by atoms with Crippen molar-refractivity contribution in [3.63, 3.8) is 0 Å². The monoisotopic (exact) mass is 183 g/mol. The Kier molecular flexibility index (Phi) is 2.62. The first-order chi connectivity index (χ1) is 5.65. The third kappa shape index (κ3) is 1.72. The molecule has 1 atom stereocenters. The minimum absolute atomic E-state index is 0.304. The van der Waals surface area contributed by atoms with Gasteiger partial charge in [0.1, 0.15) is 0 Å². The molecule has 12 heavy (non-hydrogen) atoms. The second-order valence-corrected chi connectivity index (χ2v) is 3.21. The number of benzene rings is 1. The van der Waals surface area contributed by atoms with Gasteiger partial charge in [-0.25, -0.2) is 4.21 Å². The molecule has 0 radical (unpaired) electrons. The lowest BCUT2D eigenvalue weighted by atomic mass is 10.2. The van der Waals surface area contributed by atoms with Crippen LogP contribution in [0, 0.1) is 0 Å². The topological polar surface area (TPSA) is 63.3 Å². The summed E-state index contributed by atoms with van der Waals surface area (Å²) in [5, 5.41) is 0. The zero-order valence-corrected chi connectivity index (χ0v) is 7.17. The third-order valence-corrected chi connectivity index (χ3v) is 2.14. The van der Waals surface area contributed by atoms with Crippen molar-refractivity contribution in [2.45, 2.75) is 4.90 Å². The van der Waals surface area contributed by atoms with E-state index in [0.29, 0.717) is 10.6 Å². The van der Waals surface area contributed by atoms with Crippen LogP contribution in [0.3, 0.4) is 0 Å². The van der Waals surface area contributed by atoms with Crippen molar-refractivity contribution >= 4 is 22.8 Å². The zero-order valence-electron chi connectivity index (χ0n) is 6.36. The summed E-state index contributed by atoms with van der Waals surface area (Å²) < 4.78 is 19.3. The molecule has 0 aliphatic carbocycles. The molecule has 0 saturated heterocycles. The van der Waals surface area contributed by atoms with Gasteiger partial charge in [0.05, 0.1) is 4.90 Å². The Morgan fingerprint density at radius 2 is 2.25 bits per heavy atom. The van der Waals surface area contributed by atoms with Crippen LogP contribution in [-0.2, 0) is 11.1 Å². The molecule has 0 aromatic heterocycles. The molecule has 0 aliphatic heterocycles. The molecule has 0 amide bonds. The maximum atomic E-state index is 10.6. The molecule has 3 N–H and O–H groups in total. The summed E-state index contributed by atoms with van der Waals surface area (Å²) in [5.74, 6) is 0. The highest BCUT2D eigenvalue weighted by molar-refractivity contribution is 7.79. The maximum absolute atomic E-state index is 10.6. The summed E-state index contributed by atoms with van der Waals surface area (Å²) in [6.45, 7) is 3.55. The number of nitrogens with two attached hydrogens (primary N) is 1. The van der Waals surface area contributed by atoms with E-state index in [-0.39, 0.29) is 0 Å². The summed E-state index contributed by atoms with van der Waals surface area (Å²) in [5.41, 5.74) is 6.78. The van der Waals surface area contributed by atoms with Crippen LogP contribution in [0.2, 0.25) is 0 Å². The molecule has 0 saturated carbocycles. The number of anilines is 1. The summed E-state index contributed by atoms with van der Waals surface area (Å²) in [6, 6.07) is 4.67. The average Bonchev–Trinajstić information content (AvgIpc) is 2.04. The molecule has 0 fully saturated rings. The van der Waals surface area contributed by atoms with E-state index in [1.54, 1.807) is 18.2 Å². The molecule has 64 valence electrons. The third-order valence-electron chi connectivity index (χ3n) is 1.48. The molecule has 1 aromatic carbocycles. The molecule has 0 spiro atoms. The van der Waals surface area contributed by atoms with Gasteiger partial charge in [-0.2, -0.15) is 0 Å². The molecule has 1 rings (SSSR count). The standard InChI is InChI=1S/C8H9NO2S/c1-2-6-3-4-7(12(10)11)5-8(6)9/h2-5H,1,9H2,(H,10,11). The fraction of sp³-hybridized carbons (Fsp3) is 0. The van der Waals surface area contributed by atoms with E-state index >= 15 is 0 Å². The van der Waals surface area contributed by atoms with Crippen LogP contribution in [-0.4, -0.2) is 8.76 Å². The van der Waals surface area contributed by atoms with Gasteiger partial charge in [0.15, 0.2) is 11.1 Å². The highest BCUT2D eigenvalue weighted by atomic mass is 32.2. The van der Waals surface area contributed by atoms with Gasteiger partial charge in [-0.1, -0.05) is 18.7 Å². The van der Waals surface area contributed by atoms with Crippen molar-refractivity contribution in [2.24, 2.45) is 0 Å². The van der Waals surface area contributed by atoms with Gasteiger partial charge < -0.3 is 10.3 Å². The number of hydrogen-bond donors (Lipinski definition) is 2. The molecular formula is C8H9NO2S. The lowest BCUT2D eigenvalue weighted by Gasteiger charge is -2.00. The number of rotatable bonds is 2. The van der Waals surface area contributed by atoms with E-state index < -0.39 is 11.1 Å². The van der Waals surface area contributed by atoms with Crippen molar-refractivity contribution < 1.29 is 8.76 Å². The molecule has 4 heteroatoms. The Labute approximate surface area is 73.2 Å². The van der Waals surface area contributed by atoms with Crippen LogP contribution in [0.4, 0.5) is 5.69 Å². The number of nitrogen functional groups attached to an aromatic ring is 1. The Morgan fingerprint density at radius 3 is 2.67 bits per heavy atom. The van der Waals surface area contributed by atoms with Crippen LogP contribution < -0.4 is 5.73 Å². The lowest BCUT2D eigenvalue weighted by Crippen LogP contribution is -1.93. The van der Waals surface area contributed by atoms with E-state index in [0.717, 1.165) is 5.56 Å². The molecule has 1 aromatic rings. The van der Waals surface area contributed by atoms with Crippen LogP contribution in [0.25, 0.3) is 6.08 Å². The van der Waals surface area contributed by atoms with E-state index in [1.807, 2.05) is 0 Å². The van der Waals surface area contributed by atoms with Gasteiger partial charge >= 0.3 is 0 Å². The highest BCUT2D eigenvalue weighted by Gasteiger charge is 2.01. The fourth-order valence-corrected chi connectivity index (χ4v) is 1.26. The Hall–Kier alpha value is -1.13. The van der Waals surface area contributed by atoms with E-state index in [4.69, 9.17) is 10.3 Å². The van der Waals surface area contributed by atoms with Crippen molar-refractivity contribution in [3.8, 4) is 0 Å². The van der Waals surface area contributed by atoms with Crippen LogP contribution in [0.5, 0.6) is 0 Å². The summed E-state index contributed by atoms with van der Waals surface area (Å²) in [7, 11) is 0. The largest absolute Gasteiger partial charge is 0.398 e. The quantitative estimate of drug-likeness (QED) is 0.539. The van der Waals surface area contributed by atoms with Gasteiger partial charge in [-0.15, -0.1) is 0 Å². The molecule has 1 unspecified atom stereocenters. The van der Waals surface area contributed by atoms with E-state index in [2.05, 4.69) is 6.58 Å². The summed E-state index contributed by atoms with van der Waals surface area (Å²) in [6.07, 6.45) is 1.60. The Bertz CT molecular complexity index is 336. The first-order valence-electron chi connectivity index (χ1n) is 3.28. The van der Waals surface area contributed by atoms with Crippen molar-refractivity contribution in [2.75, 3.05) is 5.73 Å². The van der Waals surface area contributed by atoms with Gasteiger partial charge in [0, 0.05) is 5.69 Å². The lowest BCUT2D eigenvalue weighted by molar-refractivity contribution is 0.564. The van der Waals surface area contributed by atoms with E-state index in [9.17, 15) is 4.21 Å². The molecule has 0 bridgehead atoms. The zero-order chi connectivity index (χ0) is 9.14. The fourth-order valence-electron chi connectivity index (χ4n) is 0.847. The summed E-state index contributed by atoms with van der Waals surface area (Å²) >= 11 is -1.96. The molecular weight excluding hydrogens is 174 g/mol. The van der Waals surface area contributed by atoms with Gasteiger partial charge in [0.2, 0.25) is 0 Å². The van der Waals surface area contributed by atoms with Crippen LogP contribution in [0.1, 0.15) is 5.56 Å². The second-order valence-electron chi connectivity index (χ2n) is 2.24. The normalized spacial score (nSPS) is 12.4. The van der Waals surface area contributed by atoms with Crippen molar-refractivity contribution in [1.29, 1.82) is 0 Å². The molecule has 0 aliphatic rings. The van der Waals surface area contributed by atoms with Gasteiger partial charge in [-0.05, 0) is 17.7 Å². The minimum Gasteiger partial charge on any atom is -0.398 e. The first kappa shape index (κ1) is 8.96. The Morgan fingerprint density at radius 1 is 1.58 bits per heavy atom. The van der Waals surface area contributed by atoms with Crippen molar-refractivity contribution in [1.82, 2.24) is 0 Å². The minimum atomic E-state index is -1.96. The summed E-state index contributed by atoms with van der Waals surface area (Å²) in [4.78, 5) is 0.304. The van der Waals surface area contributed by atoms with Gasteiger partial charge in [0.25, 0.3) is 0 Å².